The van der Waals surface area contributed by atoms with Crippen molar-refractivity contribution in [2.24, 2.45) is 0 Å². The molecule has 11 aromatic carbocycles. The van der Waals surface area contributed by atoms with Crippen molar-refractivity contribution in [3.05, 3.63) is 216 Å². The quantitative estimate of drug-likeness (QED) is 0.150. The fourth-order valence-electron chi connectivity index (χ4n) is 10.8. The molecular weight excluding hydrogens is 661 g/mol. The van der Waals surface area contributed by atoms with Gasteiger partial charge in [0.2, 0.25) is 0 Å². The Morgan fingerprint density at radius 3 is 1.09 bits per heavy atom. The molecule has 55 heavy (non-hydrogen) atoms. The molecule has 0 saturated carbocycles. The summed E-state index contributed by atoms with van der Waals surface area (Å²) in [7, 11) is 0. The highest BCUT2D eigenvalue weighted by molar-refractivity contribution is 6.27. The first kappa shape index (κ1) is 29.4. The number of hydrogen-bond donors (Lipinski definition) is 0. The van der Waals surface area contributed by atoms with Crippen molar-refractivity contribution in [1.82, 2.24) is 0 Å². The molecule has 2 aliphatic rings. The van der Waals surface area contributed by atoms with Crippen molar-refractivity contribution in [2.75, 3.05) is 0 Å². The van der Waals surface area contributed by atoms with Crippen molar-refractivity contribution in [2.45, 2.75) is 5.41 Å². The van der Waals surface area contributed by atoms with Gasteiger partial charge in [0.25, 0.3) is 0 Å². The molecule has 0 nitrogen and oxygen atoms in total. The average Bonchev–Trinajstić information content (AvgIpc) is 3.72. The van der Waals surface area contributed by atoms with Gasteiger partial charge in [0, 0.05) is 0 Å². The third kappa shape index (κ3) is 3.67. The fourth-order valence-corrected chi connectivity index (χ4v) is 10.8. The Morgan fingerprint density at radius 2 is 0.545 bits per heavy atom. The second-order valence-corrected chi connectivity index (χ2v) is 15.5. The van der Waals surface area contributed by atoms with Gasteiger partial charge in [-0.3, -0.25) is 0 Å². The molecule has 0 N–H and O–H groups in total. The van der Waals surface area contributed by atoms with Gasteiger partial charge in [0.1, 0.15) is 0 Å². The lowest BCUT2D eigenvalue weighted by atomic mass is 9.70. The first-order valence-electron chi connectivity index (χ1n) is 19.3. The largest absolute Gasteiger partial charge is 0.0725 e. The summed E-state index contributed by atoms with van der Waals surface area (Å²) in [6.45, 7) is 0. The van der Waals surface area contributed by atoms with E-state index >= 15 is 0 Å². The third-order valence-corrected chi connectivity index (χ3v) is 13.0. The van der Waals surface area contributed by atoms with Crippen LogP contribution < -0.4 is 0 Å². The van der Waals surface area contributed by atoms with Crippen LogP contribution in [0.1, 0.15) is 22.3 Å². The lowest BCUT2D eigenvalue weighted by Gasteiger charge is -2.31. The topological polar surface area (TPSA) is 0 Å². The average molecular weight is 693 g/mol. The Labute approximate surface area is 318 Å². The van der Waals surface area contributed by atoms with Gasteiger partial charge in [-0.25, -0.2) is 0 Å². The van der Waals surface area contributed by atoms with Gasteiger partial charge in [-0.05, 0) is 145 Å². The molecule has 0 heteroatoms. The summed E-state index contributed by atoms with van der Waals surface area (Å²) in [5.41, 5.74) is 12.8. The van der Waals surface area contributed by atoms with Crippen molar-refractivity contribution < 1.29 is 0 Å². The van der Waals surface area contributed by atoms with Gasteiger partial charge in [-0.1, -0.05) is 170 Å². The van der Waals surface area contributed by atoms with Crippen LogP contribution in [-0.2, 0) is 5.41 Å². The molecule has 0 bridgehead atoms. The van der Waals surface area contributed by atoms with Gasteiger partial charge >= 0.3 is 0 Å². The molecule has 0 saturated heterocycles. The van der Waals surface area contributed by atoms with Crippen LogP contribution in [0.15, 0.2) is 194 Å². The predicted octanol–water partition coefficient (Wildman–Crippen LogP) is 14.6. The van der Waals surface area contributed by atoms with E-state index in [1.165, 1.54) is 120 Å². The van der Waals surface area contributed by atoms with Crippen LogP contribution in [0, 0.1) is 0 Å². The molecule has 0 amide bonds. The minimum absolute atomic E-state index is 0.450. The Bertz CT molecular complexity index is 3460. The van der Waals surface area contributed by atoms with E-state index in [1.54, 1.807) is 0 Å². The number of benzene rings is 11. The minimum Gasteiger partial charge on any atom is -0.0619 e. The van der Waals surface area contributed by atoms with Crippen molar-refractivity contribution in [3.8, 4) is 33.4 Å². The molecule has 0 radical (unpaired) electrons. The normalized spacial score (nSPS) is 15.3. The van der Waals surface area contributed by atoms with Gasteiger partial charge in [-0.2, -0.15) is 0 Å². The molecule has 0 aliphatic heterocycles. The van der Waals surface area contributed by atoms with Gasteiger partial charge in [0.05, 0.1) is 5.41 Å². The summed E-state index contributed by atoms with van der Waals surface area (Å²) in [6, 6.07) is 73.4. The highest BCUT2D eigenvalue weighted by Crippen LogP contribution is 2.64. The van der Waals surface area contributed by atoms with Crippen LogP contribution in [-0.4, -0.2) is 0 Å². The summed E-state index contributed by atoms with van der Waals surface area (Å²) in [4.78, 5) is 0. The van der Waals surface area contributed by atoms with Crippen LogP contribution in [0.3, 0.4) is 0 Å². The van der Waals surface area contributed by atoms with E-state index in [4.69, 9.17) is 0 Å². The van der Waals surface area contributed by atoms with E-state index in [9.17, 15) is 0 Å². The van der Waals surface area contributed by atoms with Crippen molar-refractivity contribution >= 4 is 64.6 Å². The van der Waals surface area contributed by atoms with Crippen LogP contribution >= 0.6 is 0 Å². The first-order valence-corrected chi connectivity index (χ1v) is 19.3. The molecular formula is C55H32. The van der Waals surface area contributed by atoms with Crippen LogP contribution in [0.25, 0.3) is 98.0 Å². The Kier molecular flexibility index (Phi) is 5.65. The Balaban J connectivity index is 1.13. The van der Waals surface area contributed by atoms with Crippen LogP contribution in [0.5, 0.6) is 0 Å². The maximum absolute atomic E-state index is 2.56. The molecule has 252 valence electrons. The molecule has 0 heterocycles. The molecule has 0 aromatic heterocycles. The fraction of sp³-hybridized carbons (Fsp3) is 0.0182. The van der Waals surface area contributed by atoms with E-state index in [0.717, 1.165) is 0 Å². The first-order chi connectivity index (χ1) is 27.3. The summed E-state index contributed by atoms with van der Waals surface area (Å²) >= 11 is 0. The Hall–Kier alpha value is -7.02. The summed E-state index contributed by atoms with van der Waals surface area (Å²) in [5.74, 6) is 0. The van der Waals surface area contributed by atoms with Crippen molar-refractivity contribution in [1.29, 1.82) is 0 Å². The maximum atomic E-state index is 2.56. The zero-order chi connectivity index (χ0) is 35.8. The summed E-state index contributed by atoms with van der Waals surface area (Å²) in [5, 5.41) is 15.7. The minimum atomic E-state index is -0.450. The van der Waals surface area contributed by atoms with Gasteiger partial charge in [-0.15, -0.1) is 0 Å². The lowest BCUT2D eigenvalue weighted by molar-refractivity contribution is 0.795. The molecule has 0 fully saturated rings. The molecule has 1 atom stereocenters. The molecule has 2 aliphatic carbocycles. The second kappa shape index (κ2) is 10.6. The van der Waals surface area contributed by atoms with E-state index < -0.39 is 5.41 Å². The molecule has 13 rings (SSSR count). The van der Waals surface area contributed by atoms with E-state index in [0.29, 0.717) is 0 Å². The van der Waals surface area contributed by atoms with E-state index in [2.05, 4.69) is 194 Å². The van der Waals surface area contributed by atoms with Gasteiger partial charge in [0.15, 0.2) is 0 Å². The van der Waals surface area contributed by atoms with Crippen molar-refractivity contribution in [3.63, 3.8) is 0 Å². The summed E-state index contributed by atoms with van der Waals surface area (Å²) in [6.07, 6.45) is 0. The number of hydrogen-bond acceptors (Lipinski definition) is 0. The Morgan fingerprint density at radius 1 is 0.200 bits per heavy atom. The van der Waals surface area contributed by atoms with Crippen LogP contribution in [0.4, 0.5) is 0 Å². The monoisotopic (exact) mass is 692 g/mol. The maximum Gasteiger partial charge on any atom is 0.0725 e. The predicted molar refractivity (Wildman–Crippen MR) is 233 cm³/mol. The highest BCUT2D eigenvalue weighted by atomic mass is 14.5. The number of fused-ring (bicyclic) bond motifs is 22. The van der Waals surface area contributed by atoms with E-state index in [1.807, 2.05) is 0 Å². The summed E-state index contributed by atoms with van der Waals surface area (Å²) < 4.78 is 0. The zero-order valence-electron chi connectivity index (χ0n) is 30.0. The van der Waals surface area contributed by atoms with E-state index in [-0.39, 0.29) is 0 Å². The standard InChI is InChI=1S/C55H32/c1-2-17-39-35(13-1)36-14-3-6-18-40(36)47-29-33(25-27-43(39)47)34-26-28-46-44-21-9-11-23-51(44)55(53(46)30-34)52-24-12-10-22-45(52)50-31-48-41-19-7-4-15-37(41)38-16-5-8-20-42(38)49(48)32-54(50)55/h1-32H. The highest BCUT2D eigenvalue weighted by Gasteiger charge is 2.51. The molecule has 1 unspecified atom stereocenters. The molecule has 11 aromatic rings. The SMILES string of the molecule is c1ccc2c(c1)-c1ccc(-c3ccc4c5ccccc5c5ccccc5c4c3)cc1C21c2ccccc2-c2cc3c4ccccc4c4ccccc4c3cc21. The smallest absolute Gasteiger partial charge is 0.0619 e. The lowest BCUT2D eigenvalue weighted by Crippen LogP contribution is -2.25. The second-order valence-electron chi connectivity index (χ2n) is 15.5. The zero-order valence-corrected chi connectivity index (χ0v) is 30.0. The van der Waals surface area contributed by atoms with Gasteiger partial charge < -0.3 is 0 Å². The molecule has 1 spiro atoms. The van der Waals surface area contributed by atoms with Crippen LogP contribution in [0.2, 0.25) is 0 Å². The third-order valence-electron chi connectivity index (χ3n) is 13.0. The number of rotatable bonds is 1.